The summed E-state index contributed by atoms with van der Waals surface area (Å²) in [4.78, 5) is 12.5. The molecule has 0 heterocycles. The number of rotatable bonds is 6. The van der Waals surface area contributed by atoms with Gasteiger partial charge in [0.05, 0.1) is 25.9 Å². The summed E-state index contributed by atoms with van der Waals surface area (Å²) in [6, 6.07) is 23.7. The number of esters is 1. The molecule has 4 saturated carbocycles. The van der Waals surface area contributed by atoms with Crippen LogP contribution in [-0.2, 0) is 14.9 Å². The van der Waals surface area contributed by atoms with Crippen LogP contribution in [0.5, 0.6) is 5.75 Å². The molecule has 0 aliphatic heterocycles. The van der Waals surface area contributed by atoms with Crippen molar-refractivity contribution in [2.24, 2.45) is 23.2 Å². The molecule has 0 aromatic heterocycles. The van der Waals surface area contributed by atoms with Gasteiger partial charge in [-0.25, -0.2) is 4.79 Å². The van der Waals surface area contributed by atoms with Crippen molar-refractivity contribution in [3.05, 3.63) is 77.4 Å². The molecule has 212 valence electrons. The molecule has 3 aromatic rings. The molecule has 0 N–H and O–H groups in total. The van der Waals surface area contributed by atoms with Gasteiger partial charge in [0.25, 0.3) is 0 Å². The molecule has 8 rings (SSSR count). The van der Waals surface area contributed by atoms with E-state index in [0.717, 1.165) is 39.8 Å². The fourth-order valence-corrected chi connectivity index (χ4v) is 9.21. The number of hydrogen-bond acceptors (Lipinski definition) is 5. The van der Waals surface area contributed by atoms with Crippen LogP contribution in [0.2, 0.25) is 0 Å². The van der Waals surface area contributed by atoms with E-state index in [1.807, 2.05) is 6.07 Å². The molecule has 3 aromatic carbocycles. The summed E-state index contributed by atoms with van der Waals surface area (Å²) in [5.41, 5.74) is 3.89. The Balaban J connectivity index is 1.22. The molecule has 5 aliphatic rings. The van der Waals surface area contributed by atoms with Crippen molar-refractivity contribution in [2.75, 3.05) is 13.7 Å². The van der Waals surface area contributed by atoms with Crippen molar-refractivity contribution in [1.82, 2.24) is 0 Å². The Bertz CT molecular complexity index is 1650. The maximum Gasteiger partial charge on any atom is 0.333 e. The lowest BCUT2D eigenvalue weighted by molar-refractivity contribution is -0.138. The van der Waals surface area contributed by atoms with Crippen molar-refractivity contribution in [1.29, 1.82) is 10.5 Å². The van der Waals surface area contributed by atoms with E-state index < -0.39 is 17.3 Å². The average Bonchev–Trinajstić information content (AvgIpc) is 3.40. The quantitative estimate of drug-likeness (QED) is 0.287. The summed E-state index contributed by atoms with van der Waals surface area (Å²) in [6.45, 7) is 2.00. The van der Waals surface area contributed by atoms with Crippen molar-refractivity contribution in [3.63, 3.8) is 0 Å². The predicted octanol–water partition coefficient (Wildman–Crippen LogP) is 7.99. The number of nitriles is 2. The first kappa shape index (κ1) is 26.8. The second-order valence-electron chi connectivity index (χ2n) is 13.2. The molecule has 4 bridgehead atoms. The van der Waals surface area contributed by atoms with Gasteiger partial charge in [-0.1, -0.05) is 36.4 Å². The van der Waals surface area contributed by atoms with Gasteiger partial charge in [-0.2, -0.15) is 10.5 Å². The summed E-state index contributed by atoms with van der Waals surface area (Å²) in [7, 11) is 1.80. The number of carbonyl (C=O) groups is 1. The minimum absolute atomic E-state index is 0.244. The van der Waals surface area contributed by atoms with E-state index >= 15 is 0 Å². The highest BCUT2D eigenvalue weighted by Gasteiger charge is 2.52. The average molecular weight is 557 g/mol. The number of nitrogens with zero attached hydrogens (tertiary/aromatic N) is 2. The van der Waals surface area contributed by atoms with Gasteiger partial charge in [-0.3, -0.25) is 0 Å². The van der Waals surface area contributed by atoms with Crippen molar-refractivity contribution < 1.29 is 14.3 Å². The molecule has 1 atom stereocenters. The number of methoxy groups -OCH3 is 1. The van der Waals surface area contributed by atoms with E-state index in [0.29, 0.717) is 12.0 Å². The smallest absolute Gasteiger partial charge is 0.333 e. The maximum atomic E-state index is 12.5. The van der Waals surface area contributed by atoms with E-state index in [-0.39, 0.29) is 12.0 Å². The minimum Gasteiger partial charge on any atom is -0.496 e. The summed E-state index contributed by atoms with van der Waals surface area (Å²) < 4.78 is 11.1. The summed E-state index contributed by atoms with van der Waals surface area (Å²) in [5, 5.41) is 22.1. The van der Waals surface area contributed by atoms with Crippen LogP contribution >= 0.6 is 0 Å². The van der Waals surface area contributed by atoms with Crippen LogP contribution < -0.4 is 4.74 Å². The zero-order chi connectivity index (χ0) is 29.1. The van der Waals surface area contributed by atoms with Crippen LogP contribution in [-0.4, -0.2) is 19.7 Å². The van der Waals surface area contributed by atoms with Crippen molar-refractivity contribution >= 4 is 16.7 Å². The number of ether oxygens (including phenoxy) is 2. The molecule has 42 heavy (non-hydrogen) atoms. The van der Waals surface area contributed by atoms with E-state index in [1.165, 1.54) is 61.3 Å². The molecule has 0 saturated heterocycles. The number of hydrogen-bond donors (Lipinski definition) is 0. The Morgan fingerprint density at radius 2 is 1.50 bits per heavy atom. The number of benzene rings is 3. The van der Waals surface area contributed by atoms with Crippen LogP contribution in [0.15, 0.2) is 66.2 Å². The SMILES string of the molecule is CCOC(=O)C1=CC(C#N)(C#N)C(c2ccc3cc(-c4ccc(OC)c(C56CC7CC(CC(C7)C5)C6)c4)ccc3c2)C1. The zero-order valence-electron chi connectivity index (χ0n) is 24.4. The van der Waals surface area contributed by atoms with Gasteiger partial charge >= 0.3 is 5.97 Å². The number of carbonyl (C=O) groups excluding carboxylic acids is 1. The second-order valence-corrected chi connectivity index (χ2v) is 13.2. The molecule has 5 nitrogen and oxygen atoms in total. The first-order valence-corrected chi connectivity index (χ1v) is 15.3. The molecule has 5 aliphatic carbocycles. The maximum absolute atomic E-state index is 12.5. The standard InChI is InChI=1S/C37H36N2O3/c1-3-42-35(40)31-16-32(37(20-31,21-38)22-39)30-7-6-26-13-27(4-5-28(26)14-30)29-8-9-34(41-2)33(15-29)36-17-23-10-24(18-36)12-25(11-23)19-36/h4-9,13-15,20,23-25,32H,3,10-12,16-19H2,1-2H3. The first-order valence-electron chi connectivity index (χ1n) is 15.3. The van der Waals surface area contributed by atoms with Crippen molar-refractivity contribution in [3.8, 4) is 29.0 Å². The Morgan fingerprint density at radius 3 is 2.14 bits per heavy atom. The van der Waals surface area contributed by atoms with Gasteiger partial charge in [0, 0.05) is 17.1 Å². The second kappa shape index (κ2) is 10.0. The highest BCUT2D eigenvalue weighted by atomic mass is 16.5. The molecule has 0 radical (unpaired) electrons. The lowest BCUT2D eigenvalue weighted by Gasteiger charge is -2.57. The fraction of sp³-hybridized carbons (Fsp3) is 0.432. The van der Waals surface area contributed by atoms with Crippen LogP contribution in [0.3, 0.4) is 0 Å². The molecule has 0 amide bonds. The third-order valence-electron chi connectivity index (χ3n) is 10.7. The fourth-order valence-electron chi connectivity index (χ4n) is 9.21. The largest absolute Gasteiger partial charge is 0.496 e. The first-order chi connectivity index (χ1) is 20.4. The predicted molar refractivity (Wildman–Crippen MR) is 162 cm³/mol. The third kappa shape index (κ3) is 4.21. The summed E-state index contributed by atoms with van der Waals surface area (Å²) in [6.07, 6.45) is 9.94. The van der Waals surface area contributed by atoms with Gasteiger partial charge in [0.15, 0.2) is 5.41 Å². The molecule has 0 spiro atoms. The molecule has 1 unspecified atom stereocenters. The van der Waals surface area contributed by atoms with Crippen molar-refractivity contribution in [2.45, 2.75) is 63.2 Å². The minimum atomic E-state index is -1.40. The van der Waals surface area contributed by atoms with Crippen LogP contribution in [0.4, 0.5) is 0 Å². The topological polar surface area (TPSA) is 83.1 Å². The summed E-state index contributed by atoms with van der Waals surface area (Å²) in [5.74, 6) is 2.74. The highest BCUT2D eigenvalue weighted by molar-refractivity contribution is 5.91. The zero-order valence-corrected chi connectivity index (χ0v) is 24.4. The van der Waals surface area contributed by atoms with E-state index in [1.54, 1.807) is 14.0 Å². The third-order valence-corrected chi connectivity index (χ3v) is 10.7. The van der Waals surface area contributed by atoms with E-state index in [2.05, 4.69) is 60.7 Å². The van der Waals surface area contributed by atoms with Crippen LogP contribution in [0.25, 0.3) is 21.9 Å². The van der Waals surface area contributed by atoms with Crippen LogP contribution in [0.1, 0.15) is 68.9 Å². The number of fused-ring (bicyclic) bond motifs is 1. The lowest BCUT2D eigenvalue weighted by Crippen LogP contribution is -2.48. The number of allylic oxidation sites excluding steroid dienone is 1. The molecular weight excluding hydrogens is 520 g/mol. The molecular formula is C37H36N2O3. The Morgan fingerprint density at radius 1 is 0.881 bits per heavy atom. The Hall–Kier alpha value is -4.09. The van der Waals surface area contributed by atoms with Crippen LogP contribution in [0, 0.1) is 45.8 Å². The normalized spacial score (nSPS) is 28.6. The molecule has 4 fully saturated rings. The molecule has 5 heteroatoms. The Kier molecular flexibility index (Phi) is 6.39. The monoisotopic (exact) mass is 556 g/mol. The van der Waals surface area contributed by atoms with Gasteiger partial charge in [0.2, 0.25) is 0 Å². The lowest BCUT2D eigenvalue weighted by atomic mass is 9.48. The highest BCUT2D eigenvalue weighted by Crippen LogP contribution is 2.62. The Labute approximate surface area is 247 Å². The van der Waals surface area contributed by atoms with E-state index in [4.69, 9.17) is 9.47 Å². The van der Waals surface area contributed by atoms with Gasteiger partial charge in [0.1, 0.15) is 5.75 Å². The van der Waals surface area contributed by atoms with Gasteiger partial charge < -0.3 is 9.47 Å². The summed E-state index contributed by atoms with van der Waals surface area (Å²) >= 11 is 0. The van der Waals surface area contributed by atoms with E-state index in [9.17, 15) is 15.3 Å². The van der Waals surface area contributed by atoms with Gasteiger partial charge in [-0.15, -0.1) is 0 Å². The van der Waals surface area contributed by atoms with Gasteiger partial charge in [-0.05, 0) is 127 Å².